The van der Waals surface area contributed by atoms with Gasteiger partial charge in [0.25, 0.3) is 0 Å². The van der Waals surface area contributed by atoms with Crippen molar-refractivity contribution < 1.29 is 52.2 Å². The summed E-state index contributed by atoms with van der Waals surface area (Å²) < 4.78 is 61.3. The van der Waals surface area contributed by atoms with Crippen LogP contribution in [-0.4, -0.2) is 267 Å². The third-order valence-electron chi connectivity index (χ3n) is 32.7. The highest BCUT2D eigenvalue weighted by atomic mass is 16.6. The molecular formula is C115H150N18O11. The first-order valence-corrected chi connectivity index (χ1v) is 54.5. The maximum atomic E-state index is 11.8. The Balaban J connectivity index is 0.000000106. The number of ether oxygens (including phenoxy) is 10. The SMILES string of the molecule is CCC(=O)c1cnc(N2CCC(CN3CCC[C@@H]3c3ccc4c(c3)OCCO4)CC2)nc1.Cn1cc(N2CCC(CN3CCC[C@@H]3c3ccc4c(c3)OCCO4)CC2)cn1.Cn1cc(N2CCC(CN3CCC[C@H]3c3ccc4c(c3)OCCO4)CC2)cn1.c1ccc(N2CCC(CN3CCC[C@@H]3c3ccc4c(c3)OCCO4)CC2)nc1.c1ccc(N2CCC(CN3CCC[C@H]3c3ccc4c(c3)OCCO4)CC2)nc1. The first-order valence-electron chi connectivity index (χ1n) is 54.5. The van der Waals surface area contributed by atoms with Crippen molar-refractivity contribution >= 4 is 34.7 Å². The lowest BCUT2D eigenvalue weighted by atomic mass is 9.95. The van der Waals surface area contributed by atoms with Crippen molar-refractivity contribution in [3.05, 3.63) is 210 Å². The summed E-state index contributed by atoms with van der Waals surface area (Å²) >= 11 is 0. The van der Waals surface area contributed by atoms with E-state index in [0.717, 1.165) is 190 Å². The van der Waals surface area contributed by atoms with Crippen LogP contribution in [-0.2, 0) is 14.1 Å². The monoisotopic (exact) mass is 1960 g/mol. The zero-order valence-corrected chi connectivity index (χ0v) is 85.1. The van der Waals surface area contributed by atoms with Gasteiger partial charge in [-0.1, -0.05) is 49.4 Å². The van der Waals surface area contributed by atoms with E-state index in [9.17, 15) is 4.79 Å². The molecule has 0 bridgehead atoms. The fourth-order valence-corrected chi connectivity index (χ4v) is 24.9. The van der Waals surface area contributed by atoms with Gasteiger partial charge in [0.2, 0.25) is 5.95 Å². The average Bonchev–Trinajstić information content (AvgIpc) is 1.65. The molecule has 5 aromatic heterocycles. The second-order valence-electron chi connectivity index (χ2n) is 42.1. The molecule has 766 valence electrons. The van der Waals surface area contributed by atoms with E-state index >= 15 is 0 Å². The van der Waals surface area contributed by atoms with Crippen molar-refractivity contribution in [1.29, 1.82) is 0 Å². The predicted octanol–water partition coefficient (Wildman–Crippen LogP) is 18.2. The molecule has 0 aliphatic carbocycles. The fraction of sp³-hybridized carbons (Fsp3) is 0.557. The van der Waals surface area contributed by atoms with Crippen LogP contribution >= 0.6 is 0 Å². The normalized spacial score (nSPS) is 22.9. The van der Waals surface area contributed by atoms with Gasteiger partial charge in [-0.25, -0.2) is 19.9 Å². The molecule has 15 aliphatic heterocycles. The van der Waals surface area contributed by atoms with Crippen LogP contribution in [0.4, 0.5) is 29.0 Å². The Bertz CT molecular complexity index is 5490. The number of pyridine rings is 2. The van der Waals surface area contributed by atoms with Crippen molar-refractivity contribution in [3.63, 3.8) is 0 Å². The number of carbonyl (C=O) groups is 1. The van der Waals surface area contributed by atoms with E-state index in [1.807, 2.05) is 67.3 Å². The molecule has 10 saturated heterocycles. The van der Waals surface area contributed by atoms with Crippen LogP contribution < -0.4 is 71.9 Å². The number of fused-ring (bicyclic) bond motifs is 5. The summed E-state index contributed by atoms with van der Waals surface area (Å²) in [5.41, 5.74) is 10.0. The number of benzene rings is 5. The number of hydrogen-bond donors (Lipinski definition) is 0. The highest BCUT2D eigenvalue weighted by Gasteiger charge is 2.39. The number of Topliss-reactive ketones (excluding diaryl/α,β-unsaturated/α-hetero) is 1. The van der Waals surface area contributed by atoms with E-state index in [0.29, 0.717) is 114 Å². The van der Waals surface area contributed by atoms with Gasteiger partial charge in [0.15, 0.2) is 63.3 Å². The summed E-state index contributed by atoms with van der Waals surface area (Å²) in [7, 11) is 3.98. The fourth-order valence-electron chi connectivity index (χ4n) is 24.9. The predicted molar refractivity (Wildman–Crippen MR) is 561 cm³/mol. The topological polar surface area (TPSA) is 229 Å². The summed E-state index contributed by atoms with van der Waals surface area (Å²) in [6.07, 6.45) is 40.7. The average molecular weight is 1960 g/mol. The molecule has 29 nitrogen and oxygen atoms in total. The van der Waals surface area contributed by atoms with E-state index in [-0.39, 0.29) is 5.78 Å². The van der Waals surface area contributed by atoms with Crippen molar-refractivity contribution in [2.24, 2.45) is 43.7 Å². The van der Waals surface area contributed by atoms with Gasteiger partial charge in [-0.05, 0) is 303 Å². The summed E-state index contributed by atoms with van der Waals surface area (Å²) in [6.45, 7) is 31.2. The van der Waals surface area contributed by atoms with Crippen LogP contribution in [0.15, 0.2) is 177 Å². The molecule has 0 spiro atoms. The number of hydrogen-bond acceptors (Lipinski definition) is 27. The van der Waals surface area contributed by atoms with E-state index in [1.165, 1.54) is 207 Å². The van der Waals surface area contributed by atoms with E-state index in [4.69, 9.17) is 47.4 Å². The van der Waals surface area contributed by atoms with Crippen molar-refractivity contribution in [2.75, 3.05) is 221 Å². The zero-order valence-electron chi connectivity index (χ0n) is 85.1. The Hall–Kier alpha value is -11.6. The first kappa shape index (κ1) is 98.4. The molecule has 5 atom stereocenters. The summed E-state index contributed by atoms with van der Waals surface area (Å²) in [5.74, 6) is 15.9. The van der Waals surface area contributed by atoms with Crippen molar-refractivity contribution in [2.45, 2.75) is 172 Å². The number of nitrogens with zero attached hydrogens (tertiary/aromatic N) is 18. The molecule has 25 rings (SSSR count). The summed E-state index contributed by atoms with van der Waals surface area (Å²) in [5, 5.41) is 8.63. The second kappa shape index (κ2) is 47.7. The second-order valence-corrected chi connectivity index (χ2v) is 42.1. The Morgan fingerprint density at radius 2 is 0.542 bits per heavy atom. The molecule has 29 heteroatoms. The molecule has 0 unspecified atom stereocenters. The third-order valence-corrected chi connectivity index (χ3v) is 32.7. The van der Waals surface area contributed by atoms with Gasteiger partial charge in [0, 0.05) is 186 Å². The molecule has 0 N–H and O–H groups in total. The lowest BCUT2D eigenvalue weighted by molar-refractivity contribution is 0.0987. The molecule has 0 saturated carbocycles. The summed E-state index contributed by atoms with van der Waals surface area (Å²) in [4.78, 5) is 55.2. The maximum Gasteiger partial charge on any atom is 0.225 e. The number of likely N-dealkylation sites (tertiary alicyclic amines) is 5. The van der Waals surface area contributed by atoms with Crippen LogP contribution in [0.5, 0.6) is 57.5 Å². The molecule has 15 aliphatic rings. The minimum Gasteiger partial charge on any atom is -0.486 e. The molecule has 5 aromatic carbocycles. The standard InChI is InChI=1S/C25H32N4O3.2C23H29N3O2.2C22H30N4O2/c1-2-22(30)20-15-26-25(27-16-20)28-10-7-18(8-11-28)17-29-9-3-4-21(29)19-5-6-23-24(14-19)32-13-12-31-23;2*1-2-10-24-23(5-1)25-12-8-18(9-13-25)17-26-11-3-4-20(26)19-6-7-21-22(16-19)28-15-14-27-21;2*1-24-16-19(14-23-24)25-9-6-17(7-10-25)15-26-8-2-3-20(26)18-4-5-21-22(13-18)28-12-11-27-21/h5-6,14-16,18,21H,2-4,7-13,17H2,1H3;2*1-2,5-7,10,16,18,20H,3-4,8-9,11-15,17H2;2*4-5,13-14,16-17,20H,2-3,6-12,15H2,1H3/t21-;4*20-/m11010/s1. The zero-order chi connectivity index (χ0) is 97.3. The van der Waals surface area contributed by atoms with E-state index < -0.39 is 0 Å². The number of ketones is 1. The highest BCUT2D eigenvalue weighted by molar-refractivity contribution is 5.95. The lowest BCUT2D eigenvalue weighted by Gasteiger charge is -2.36. The molecule has 0 radical (unpaired) electrons. The largest absolute Gasteiger partial charge is 0.486 e. The molecule has 20 heterocycles. The van der Waals surface area contributed by atoms with Gasteiger partial charge in [0.05, 0.1) is 29.3 Å². The van der Waals surface area contributed by atoms with Crippen LogP contribution in [0.3, 0.4) is 0 Å². The molecule has 10 fully saturated rings. The smallest absolute Gasteiger partial charge is 0.225 e. The van der Waals surface area contributed by atoms with Crippen molar-refractivity contribution in [3.8, 4) is 57.5 Å². The third kappa shape index (κ3) is 24.5. The Morgan fingerprint density at radius 1 is 0.285 bits per heavy atom. The lowest BCUT2D eigenvalue weighted by Crippen LogP contribution is -2.39. The number of rotatable bonds is 22. The minimum atomic E-state index is 0.0911. The van der Waals surface area contributed by atoms with Gasteiger partial charge in [-0.2, -0.15) is 10.2 Å². The van der Waals surface area contributed by atoms with Gasteiger partial charge in [0.1, 0.15) is 77.7 Å². The Labute approximate surface area is 851 Å². The van der Waals surface area contributed by atoms with Crippen LogP contribution in [0.1, 0.15) is 210 Å². The molecule has 0 amide bonds. The van der Waals surface area contributed by atoms with Gasteiger partial charge in [-0.15, -0.1) is 0 Å². The van der Waals surface area contributed by atoms with E-state index in [2.05, 4.69) is 207 Å². The summed E-state index contributed by atoms with van der Waals surface area (Å²) in [6, 6.07) is 47.5. The Kier molecular flexibility index (Phi) is 32.6. The highest BCUT2D eigenvalue weighted by Crippen LogP contribution is 2.47. The number of aryl methyl sites for hydroxylation is 2. The number of carbonyl (C=O) groups excluding carboxylic acids is 1. The molecular weight excluding hydrogens is 1810 g/mol. The minimum absolute atomic E-state index is 0.0911. The van der Waals surface area contributed by atoms with Crippen molar-refractivity contribution in [1.82, 2.24) is 64.0 Å². The number of piperidine rings is 5. The first-order chi connectivity index (χ1) is 71.0. The van der Waals surface area contributed by atoms with Crippen LogP contribution in [0.25, 0.3) is 0 Å². The number of anilines is 5. The quantitative estimate of drug-likeness (QED) is 0.0574. The number of aromatic nitrogens is 8. The molecule has 144 heavy (non-hydrogen) atoms. The van der Waals surface area contributed by atoms with Crippen LogP contribution in [0, 0.1) is 29.6 Å². The van der Waals surface area contributed by atoms with Gasteiger partial charge in [-0.3, -0.25) is 38.7 Å². The Morgan fingerprint density at radius 3 is 0.785 bits per heavy atom. The van der Waals surface area contributed by atoms with Gasteiger partial charge >= 0.3 is 0 Å². The van der Waals surface area contributed by atoms with Gasteiger partial charge < -0.3 is 71.9 Å². The molecule has 10 aromatic rings. The van der Waals surface area contributed by atoms with Crippen LogP contribution in [0.2, 0.25) is 0 Å². The maximum absolute atomic E-state index is 11.8. The van der Waals surface area contributed by atoms with E-state index in [1.54, 1.807) is 12.4 Å².